The lowest BCUT2D eigenvalue weighted by molar-refractivity contribution is -0.159. The highest BCUT2D eigenvalue weighted by atomic mass is 16.5. The van der Waals surface area contributed by atoms with Crippen molar-refractivity contribution < 1.29 is 19.1 Å². The predicted octanol–water partition coefficient (Wildman–Crippen LogP) is 8.31. The molecule has 4 aliphatic carbocycles. The molecular formula is C34H54O4. The van der Waals surface area contributed by atoms with Gasteiger partial charge in [0, 0.05) is 24.7 Å². The zero-order valence-corrected chi connectivity index (χ0v) is 25.4. The summed E-state index contributed by atoms with van der Waals surface area (Å²) in [6.45, 7) is 25.0. The lowest BCUT2D eigenvalue weighted by atomic mass is 9.42. The zero-order chi connectivity index (χ0) is 28.1. The average molecular weight is 527 g/mol. The maximum atomic E-state index is 11.8. The van der Waals surface area contributed by atoms with Crippen molar-refractivity contribution in [2.75, 3.05) is 13.2 Å². The van der Waals surface area contributed by atoms with Crippen LogP contribution in [-0.4, -0.2) is 25.2 Å². The number of hydrogen-bond acceptors (Lipinski definition) is 4. The van der Waals surface area contributed by atoms with Crippen LogP contribution in [0.1, 0.15) is 113 Å². The highest BCUT2D eigenvalue weighted by molar-refractivity contribution is 5.66. The first kappa shape index (κ1) is 29.4. The van der Waals surface area contributed by atoms with Crippen molar-refractivity contribution in [3.05, 3.63) is 24.3 Å². The van der Waals surface area contributed by atoms with Gasteiger partial charge in [-0.3, -0.25) is 9.59 Å². The fourth-order valence-electron chi connectivity index (χ4n) is 10.5. The number of ether oxygens (including phenoxy) is 2. The van der Waals surface area contributed by atoms with Gasteiger partial charge in [-0.05, 0) is 105 Å². The SMILES string of the molecule is C=C(C)C1CCC2(COC(C)=O)CCC3(C)CC(C4(C)CCC(=C)C(C)(COC(C)=O)C4CC)CCC3C12. The van der Waals surface area contributed by atoms with E-state index in [0.717, 1.165) is 25.7 Å². The van der Waals surface area contributed by atoms with Gasteiger partial charge in [-0.15, -0.1) is 0 Å². The van der Waals surface area contributed by atoms with Crippen LogP contribution in [0.15, 0.2) is 24.3 Å². The Hall–Kier alpha value is -1.58. The number of carbonyl (C=O) groups excluding carboxylic acids is 2. The standard InChI is InChI=1S/C34H54O4/c1-10-29-32(8,15-13-23(4)33(29,9)20-37-24(5)35)26-11-12-28-30-27(22(2)3)14-16-34(30,21-38-25(6)36)18-17-31(28,7)19-26/h26-30H,2,4,10-21H2,1,3,5-9H3. The van der Waals surface area contributed by atoms with E-state index < -0.39 is 0 Å². The van der Waals surface area contributed by atoms with Crippen LogP contribution in [0.2, 0.25) is 0 Å². The molecule has 214 valence electrons. The largest absolute Gasteiger partial charge is 0.465 e. The number of esters is 2. The van der Waals surface area contributed by atoms with Gasteiger partial charge >= 0.3 is 11.9 Å². The summed E-state index contributed by atoms with van der Waals surface area (Å²) in [6.07, 6.45) is 11.8. The Morgan fingerprint density at radius 1 is 0.921 bits per heavy atom. The van der Waals surface area contributed by atoms with Gasteiger partial charge in [-0.2, -0.15) is 0 Å². The molecule has 4 aliphatic rings. The summed E-state index contributed by atoms with van der Waals surface area (Å²) in [7, 11) is 0. The molecule has 0 aromatic rings. The van der Waals surface area contributed by atoms with Gasteiger partial charge < -0.3 is 9.47 Å². The minimum Gasteiger partial charge on any atom is -0.465 e. The third-order valence-corrected chi connectivity index (χ3v) is 12.6. The highest BCUT2D eigenvalue weighted by Gasteiger charge is 2.63. The summed E-state index contributed by atoms with van der Waals surface area (Å²) in [5.74, 6) is 2.51. The van der Waals surface area contributed by atoms with Crippen LogP contribution in [0, 0.1) is 51.2 Å². The monoisotopic (exact) mass is 526 g/mol. The fourth-order valence-corrected chi connectivity index (χ4v) is 10.5. The van der Waals surface area contributed by atoms with E-state index in [1.807, 2.05) is 0 Å². The summed E-state index contributed by atoms with van der Waals surface area (Å²) < 4.78 is 11.4. The molecule has 0 saturated heterocycles. The van der Waals surface area contributed by atoms with Crippen LogP contribution in [0.4, 0.5) is 0 Å². The Bertz CT molecular complexity index is 968. The van der Waals surface area contributed by atoms with E-state index in [1.54, 1.807) is 6.92 Å². The second-order valence-electron chi connectivity index (χ2n) is 14.7. The van der Waals surface area contributed by atoms with Crippen LogP contribution in [-0.2, 0) is 19.1 Å². The van der Waals surface area contributed by atoms with Crippen molar-refractivity contribution in [2.24, 2.45) is 51.2 Å². The van der Waals surface area contributed by atoms with E-state index in [1.165, 1.54) is 56.6 Å². The average Bonchev–Trinajstić information content (AvgIpc) is 3.24. The van der Waals surface area contributed by atoms with E-state index in [2.05, 4.69) is 47.8 Å². The molecule has 0 bridgehead atoms. The molecule has 4 fully saturated rings. The van der Waals surface area contributed by atoms with Crippen LogP contribution in [0.3, 0.4) is 0 Å². The molecule has 0 heterocycles. The van der Waals surface area contributed by atoms with Gasteiger partial charge in [0.15, 0.2) is 0 Å². The van der Waals surface area contributed by atoms with E-state index in [4.69, 9.17) is 9.47 Å². The van der Waals surface area contributed by atoms with Crippen molar-refractivity contribution in [3.63, 3.8) is 0 Å². The number of rotatable bonds is 7. The molecule has 9 atom stereocenters. The Morgan fingerprint density at radius 3 is 2.18 bits per heavy atom. The van der Waals surface area contributed by atoms with E-state index in [9.17, 15) is 9.59 Å². The van der Waals surface area contributed by atoms with Gasteiger partial charge in [-0.1, -0.05) is 58.4 Å². The molecule has 0 aromatic heterocycles. The van der Waals surface area contributed by atoms with Crippen molar-refractivity contribution in [1.29, 1.82) is 0 Å². The van der Waals surface area contributed by atoms with E-state index in [-0.39, 0.29) is 28.2 Å². The maximum Gasteiger partial charge on any atom is 0.302 e. The van der Waals surface area contributed by atoms with Gasteiger partial charge in [0.2, 0.25) is 0 Å². The molecule has 0 amide bonds. The van der Waals surface area contributed by atoms with Crippen molar-refractivity contribution in [2.45, 2.75) is 113 Å². The fraction of sp³-hybridized carbons (Fsp3) is 0.824. The van der Waals surface area contributed by atoms with Crippen LogP contribution in [0.25, 0.3) is 0 Å². The summed E-state index contributed by atoms with van der Waals surface area (Å²) >= 11 is 0. The van der Waals surface area contributed by atoms with Crippen LogP contribution < -0.4 is 0 Å². The second-order valence-corrected chi connectivity index (χ2v) is 14.7. The lowest BCUT2D eigenvalue weighted by Crippen LogP contribution is -2.56. The van der Waals surface area contributed by atoms with Crippen molar-refractivity contribution in [1.82, 2.24) is 0 Å². The molecule has 4 rings (SSSR count). The Balaban J connectivity index is 1.62. The van der Waals surface area contributed by atoms with Crippen LogP contribution in [0.5, 0.6) is 0 Å². The number of carbonyl (C=O) groups is 2. The predicted molar refractivity (Wildman–Crippen MR) is 153 cm³/mol. The molecule has 0 N–H and O–H groups in total. The third-order valence-electron chi connectivity index (χ3n) is 12.6. The first-order valence-corrected chi connectivity index (χ1v) is 15.3. The van der Waals surface area contributed by atoms with Gasteiger partial charge in [0.05, 0.1) is 6.61 Å². The van der Waals surface area contributed by atoms with Crippen molar-refractivity contribution >= 4 is 11.9 Å². The van der Waals surface area contributed by atoms with E-state index in [0.29, 0.717) is 48.2 Å². The quantitative estimate of drug-likeness (QED) is 0.247. The third kappa shape index (κ3) is 4.81. The first-order valence-electron chi connectivity index (χ1n) is 15.3. The summed E-state index contributed by atoms with van der Waals surface area (Å²) in [4.78, 5) is 23.6. The summed E-state index contributed by atoms with van der Waals surface area (Å²) in [5.41, 5.74) is 3.02. The molecule has 4 nitrogen and oxygen atoms in total. The number of hydrogen-bond donors (Lipinski definition) is 0. The minimum absolute atomic E-state index is 0.118. The smallest absolute Gasteiger partial charge is 0.302 e. The zero-order valence-electron chi connectivity index (χ0n) is 25.4. The molecule has 0 spiro atoms. The van der Waals surface area contributed by atoms with E-state index >= 15 is 0 Å². The van der Waals surface area contributed by atoms with Gasteiger partial charge in [0.1, 0.15) is 6.61 Å². The summed E-state index contributed by atoms with van der Waals surface area (Å²) in [6, 6.07) is 0. The normalized spacial score (nSPS) is 44.6. The Morgan fingerprint density at radius 2 is 1.58 bits per heavy atom. The van der Waals surface area contributed by atoms with Gasteiger partial charge in [0.25, 0.3) is 0 Å². The summed E-state index contributed by atoms with van der Waals surface area (Å²) in [5, 5.41) is 0. The minimum atomic E-state index is -0.197. The molecule has 0 radical (unpaired) electrons. The Kier molecular flexibility index (Phi) is 8.07. The van der Waals surface area contributed by atoms with Gasteiger partial charge in [-0.25, -0.2) is 0 Å². The maximum absolute atomic E-state index is 11.8. The van der Waals surface area contributed by atoms with Crippen molar-refractivity contribution in [3.8, 4) is 0 Å². The molecule has 9 unspecified atom stereocenters. The molecule has 0 aliphatic heterocycles. The Labute approximate surface area is 232 Å². The number of fused-ring (bicyclic) bond motifs is 3. The molecule has 38 heavy (non-hydrogen) atoms. The second kappa shape index (κ2) is 10.4. The molecular weight excluding hydrogens is 472 g/mol. The topological polar surface area (TPSA) is 52.6 Å². The van der Waals surface area contributed by atoms with Crippen LogP contribution >= 0.6 is 0 Å². The number of allylic oxidation sites excluding steroid dienone is 1. The molecule has 0 aromatic carbocycles. The lowest BCUT2D eigenvalue weighted by Gasteiger charge is -2.62. The molecule has 4 saturated carbocycles. The molecule has 4 heteroatoms. The highest BCUT2D eigenvalue weighted by Crippen LogP contribution is 2.70. The first-order chi connectivity index (χ1) is 17.7.